The molecule has 0 atom stereocenters. The van der Waals surface area contributed by atoms with Crippen molar-refractivity contribution in [2.24, 2.45) is 0 Å². The van der Waals surface area contributed by atoms with Crippen LogP contribution in [-0.2, 0) is 11.3 Å². The first kappa shape index (κ1) is 14.3. The van der Waals surface area contributed by atoms with Crippen molar-refractivity contribution in [2.45, 2.75) is 33.7 Å². The number of ether oxygens (including phenoxy) is 1. The third-order valence-electron chi connectivity index (χ3n) is 3.01. The van der Waals surface area contributed by atoms with E-state index in [9.17, 15) is 4.79 Å². The summed E-state index contributed by atoms with van der Waals surface area (Å²) in [5.74, 6) is -0.357. The summed E-state index contributed by atoms with van der Waals surface area (Å²) in [5, 5.41) is 8.43. The maximum absolute atomic E-state index is 12.0. The van der Waals surface area contributed by atoms with Gasteiger partial charge in [0.2, 0.25) is 0 Å². The van der Waals surface area contributed by atoms with E-state index < -0.39 is 0 Å². The quantitative estimate of drug-likeness (QED) is 0.821. The highest BCUT2D eigenvalue weighted by Crippen LogP contribution is 2.26. The van der Waals surface area contributed by atoms with Crippen LogP contribution in [0, 0.1) is 0 Å². The van der Waals surface area contributed by atoms with Crippen LogP contribution < -0.4 is 5.32 Å². The Labute approximate surface area is 118 Å². The van der Waals surface area contributed by atoms with Crippen LogP contribution in [-0.4, -0.2) is 33.9 Å². The molecule has 0 bridgehead atoms. The summed E-state index contributed by atoms with van der Waals surface area (Å²) in [5.41, 5.74) is 2.00. The van der Waals surface area contributed by atoms with Crippen LogP contribution in [0.3, 0.4) is 0 Å². The molecule has 0 unspecified atom stereocenters. The minimum Gasteiger partial charge on any atom is -0.462 e. The SMILES string of the molecule is CCCNc1c(C(=O)OCC)cnc2c1cnn2CC. The number of anilines is 1. The van der Waals surface area contributed by atoms with Gasteiger partial charge in [-0.2, -0.15) is 5.10 Å². The Bertz CT molecular complexity index is 606. The largest absolute Gasteiger partial charge is 0.462 e. The van der Waals surface area contributed by atoms with E-state index in [0.717, 1.165) is 36.2 Å². The van der Waals surface area contributed by atoms with E-state index in [1.807, 2.05) is 6.92 Å². The van der Waals surface area contributed by atoms with Gasteiger partial charge < -0.3 is 10.1 Å². The van der Waals surface area contributed by atoms with Crippen molar-refractivity contribution in [3.63, 3.8) is 0 Å². The lowest BCUT2D eigenvalue weighted by Crippen LogP contribution is -2.11. The highest BCUT2D eigenvalue weighted by Gasteiger charge is 2.18. The number of nitrogens with zero attached hydrogens (tertiary/aromatic N) is 3. The molecule has 6 heteroatoms. The first-order chi connectivity index (χ1) is 9.72. The summed E-state index contributed by atoms with van der Waals surface area (Å²) in [6.45, 7) is 7.74. The number of hydrogen-bond donors (Lipinski definition) is 1. The van der Waals surface area contributed by atoms with E-state index in [2.05, 4.69) is 22.3 Å². The standard InChI is InChI=1S/C14H20N4O2/c1-4-7-15-12-10-9-17-18(5-2)13(10)16-8-11(12)14(19)20-6-3/h8-9H,4-7H2,1-3H3,(H,15,16). The maximum Gasteiger partial charge on any atom is 0.341 e. The van der Waals surface area contributed by atoms with Gasteiger partial charge in [0.05, 0.1) is 23.9 Å². The topological polar surface area (TPSA) is 69.0 Å². The zero-order valence-corrected chi connectivity index (χ0v) is 12.1. The Balaban J connectivity index is 2.53. The van der Waals surface area contributed by atoms with Gasteiger partial charge in [0.1, 0.15) is 5.56 Å². The van der Waals surface area contributed by atoms with Gasteiger partial charge in [-0.25, -0.2) is 14.5 Å². The molecule has 0 saturated heterocycles. The van der Waals surface area contributed by atoms with Crippen molar-refractivity contribution in [3.8, 4) is 0 Å². The molecule has 2 rings (SSSR count). The summed E-state index contributed by atoms with van der Waals surface area (Å²) in [6, 6.07) is 0. The zero-order chi connectivity index (χ0) is 14.5. The molecule has 20 heavy (non-hydrogen) atoms. The molecule has 0 amide bonds. The molecular formula is C14H20N4O2. The lowest BCUT2D eigenvalue weighted by molar-refractivity contribution is 0.0527. The molecular weight excluding hydrogens is 256 g/mol. The molecule has 6 nitrogen and oxygen atoms in total. The van der Waals surface area contributed by atoms with Crippen LogP contribution in [0.1, 0.15) is 37.6 Å². The van der Waals surface area contributed by atoms with E-state index in [0.29, 0.717) is 12.2 Å². The summed E-state index contributed by atoms with van der Waals surface area (Å²) >= 11 is 0. The summed E-state index contributed by atoms with van der Waals surface area (Å²) in [6.07, 6.45) is 4.27. The van der Waals surface area contributed by atoms with Gasteiger partial charge in [-0.15, -0.1) is 0 Å². The number of esters is 1. The van der Waals surface area contributed by atoms with Crippen LogP contribution >= 0.6 is 0 Å². The van der Waals surface area contributed by atoms with Crippen molar-refractivity contribution in [1.82, 2.24) is 14.8 Å². The van der Waals surface area contributed by atoms with E-state index in [-0.39, 0.29) is 5.97 Å². The normalized spacial score (nSPS) is 10.8. The second-order valence-corrected chi connectivity index (χ2v) is 4.39. The Kier molecular flexibility index (Phi) is 4.55. The van der Waals surface area contributed by atoms with Crippen LogP contribution in [0.2, 0.25) is 0 Å². The predicted octanol–water partition coefficient (Wildman–Crippen LogP) is 2.45. The van der Waals surface area contributed by atoms with Gasteiger partial charge >= 0.3 is 5.97 Å². The average Bonchev–Trinajstić information content (AvgIpc) is 2.88. The van der Waals surface area contributed by atoms with E-state index in [1.165, 1.54) is 0 Å². The average molecular weight is 276 g/mol. The molecule has 0 aliphatic rings. The summed E-state index contributed by atoms with van der Waals surface area (Å²) < 4.78 is 6.89. The fourth-order valence-electron chi connectivity index (χ4n) is 2.06. The van der Waals surface area contributed by atoms with Crippen LogP contribution in [0.15, 0.2) is 12.4 Å². The molecule has 0 aliphatic carbocycles. The number of carbonyl (C=O) groups excluding carboxylic acids is 1. The number of nitrogens with one attached hydrogen (secondary N) is 1. The van der Waals surface area contributed by atoms with Gasteiger partial charge in [0.15, 0.2) is 5.65 Å². The maximum atomic E-state index is 12.0. The van der Waals surface area contributed by atoms with Crippen molar-refractivity contribution < 1.29 is 9.53 Å². The minimum absolute atomic E-state index is 0.346. The fourth-order valence-corrected chi connectivity index (χ4v) is 2.06. The summed E-state index contributed by atoms with van der Waals surface area (Å²) in [4.78, 5) is 16.4. The second-order valence-electron chi connectivity index (χ2n) is 4.39. The number of carbonyl (C=O) groups is 1. The van der Waals surface area contributed by atoms with Crippen molar-refractivity contribution in [2.75, 3.05) is 18.5 Å². The molecule has 0 spiro atoms. The number of hydrogen-bond acceptors (Lipinski definition) is 5. The van der Waals surface area contributed by atoms with Crippen LogP contribution in [0.25, 0.3) is 11.0 Å². The smallest absolute Gasteiger partial charge is 0.341 e. The predicted molar refractivity (Wildman–Crippen MR) is 77.9 cm³/mol. The van der Waals surface area contributed by atoms with Crippen LogP contribution in [0.5, 0.6) is 0 Å². The van der Waals surface area contributed by atoms with Gasteiger partial charge in [0.25, 0.3) is 0 Å². The minimum atomic E-state index is -0.357. The molecule has 2 aromatic rings. The van der Waals surface area contributed by atoms with Crippen molar-refractivity contribution >= 4 is 22.7 Å². The van der Waals surface area contributed by atoms with E-state index in [1.54, 1.807) is 24.0 Å². The third-order valence-corrected chi connectivity index (χ3v) is 3.01. The molecule has 0 aromatic carbocycles. The fraction of sp³-hybridized carbons (Fsp3) is 0.500. The van der Waals surface area contributed by atoms with Gasteiger partial charge in [-0.3, -0.25) is 0 Å². The molecule has 2 heterocycles. The molecule has 0 fully saturated rings. The monoisotopic (exact) mass is 276 g/mol. The molecule has 2 aromatic heterocycles. The van der Waals surface area contributed by atoms with Gasteiger partial charge in [0, 0.05) is 19.3 Å². The Morgan fingerprint density at radius 1 is 1.35 bits per heavy atom. The number of aromatic nitrogens is 3. The highest BCUT2D eigenvalue weighted by molar-refractivity contribution is 6.04. The second kappa shape index (κ2) is 6.36. The van der Waals surface area contributed by atoms with Gasteiger partial charge in [-0.1, -0.05) is 6.92 Å². The Morgan fingerprint density at radius 3 is 2.80 bits per heavy atom. The molecule has 108 valence electrons. The van der Waals surface area contributed by atoms with Gasteiger partial charge in [-0.05, 0) is 20.3 Å². The molecule has 0 saturated carbocycles. The van der Waals surface area contributed by atoms with Crippen molar-refractivity contribution in [1.29, 1.82) is 0 Å². The lowest BCUT2D eigenvalue weighted by Gasteiger charge is -2.11. The molecule has 0 aliphatic heterocycles. The number of pyridine rings is 1. The Hall–Kier alpha value is -2.11. The van der Waals surface area contributed by atoms with E-state index in [4.69, 9.17) is 4.74 Å². The molecule has 0 radical (unpaired) electrons. The third kappa shape index (κ3) is 2.59. The number of aryl methyl sites for hydroxylation is 1. The number of fused-ring (bicyclic) bond motifs is 1. The first-order valence-corrected chi connectivity index (χ1v) is 6.98. The first-order valence-electron chi connectivity index (χ1n) is 6.98. The lowest BCUT2D eigenvalue weighted by atomic mass is 10.1. The highest BCUT2D eigenvalue weighted by atomic mass is 16.5. The Morgan fingerprint density at radius 2 is 2.15 bits per heavy atom. The number of rotatable bonds is 6. The molecule has 1 N–H and O–H groups in total. The van der Waals surface area contributed by atoms with Crippen molar-refractivity contribution in [3.05, 3.63) is 18.0 Å². The zero-order valence-electron chi connectivity index (χ0n) is 12.1. The van der Waals surface area contributed by atoms with E-state index >= 15 is 0 Å². The summed E-state index contributed by atoms with van der Waals surface area (Å²) in [7, 11) is 0. The van der Waals surface area contributed by atoms with Crippen LogP contribution in [0.4, 0.5) is 5.69 Å².